The van der Waals surface area contributed by atoms with Crippen LogP contribution in [-0.2, 0) is 23.0 Å². The van der Waals surface area contributed by atoms with Gasteiger partial charge in [-0.3, -0.25) is 0 Å². The molecular weight excluding hydrogens is 276 g/mol. The van der Waals surface area contributed by atoms with E-state index in [-0.39, 0.29) is 10.4 Å². The van der Waals surface area contributed by atoms with Crippen LogP contribution in [0.5, 0.6) is 0 Å². The monoisotopic (exact) mass is 298 g/mol. The molecule has 1 aromatic rings. The molecule has 2 N–H and O–H groups in total. The van der Waals surface area contributed by atoms with Gasteiger partial charge in [-0.1, -0.05) is 6.92 Å². The Morgan fingerprint density at radius 1 is 1.40 bits per heavy atom. The summed E-state index contributed by atoms with van der Waals surface area (Å²) in [4.78, 5) is 4.34. The molecule has 1 aromatic heterocycles. The number of hydrogen-bond acceptors (Lipinski definition) is 4. The maximum atomic E-state index is 12.7. The zero-order valence-corrected chi connectivity index (χ0v) is 12.7. The van der Waals surface area contributed by atoms with Crippen molar-refractivity contribution in [3.63, 3.8) is 0 Å². The number of fused-ring (bicyclic) bond motifs is 1. The zero-order valence-electron chi connectivity index (χ0n) is 11.9. The topological polar surface area (TPSA) is 81.2 Å². The predicted octanol–water partition coefficient (Wildman–Crippen LogP) is 0.579. The first kappa shape index (κ1) is 14.0. The fourth-order valence-corrected chi connectivity index (χ4v) is 4.55. The van der Waals surface area contributed by atoms with Crippen LogP contribution in [0.4, 0.5) is 0 Å². The zero-order chi connectivity index (χ0) is 14.4. The number of nitrogens with zero attached hydrogens (tertiary/aromatic N) is 3. The Balaban J connectivity index is 1.87. The van der Waals surface area contributed by atoms with Crippen LogP contribution >= 0.6 is 0 Å². The van der Waals surface area contributed by atoms with Gasteiger partial charge in [0.05, 0.1) is 0 Å². The molecule has 6 nitrogen and oxygen atoms in total. The Morgan fingerprint density at radius 3 is 2.85 bits per heavy atom. The first-order chi connectivity index (χ1) is 9.44. The molecule has 2 aliphatic heterocycles. The fraction of sp³-hybridized carbons (Fsp3) is 0.769. The summed E-state index contributed by atoms with van der Waals surface area (Å²) in [6.07, 6.45) is 5.57. The summed E-state index contributed by atoms with van der Waals surface area (Å²) in [7, 11) is -3.47. The average molecular weight is 298 g/mol. The van der Waals surface area contributed by atoms with E-state index in [0.717, 1.165) is 38.1 Å². The first-order valence-electron chi connectivity index (χ1n) is 7.21. The van der Waals surface area contributed by atoms with Gasteiger partial charge in [-0.15, -0.1) is 0 Å². The van der Waals surface area contributed by atoms with E-state index in [4.69, 9.17) is 5.73 Å². The highest BCUT2D eigenvalue weighted by Crippen LogP contribution is 2.32. The highest BCUT2D eigenvalue weighted by Gasteiger charge is 2.40. The minimum atomic E-state index is -3.47. The molecule has 1 saturated heterocycles. The molecule has 0 radical (unpaired) electrons. The first-order valence-corrected chi connectivity index (χ1v) is 8.65. The lowest BCUT2D eigenvalue weighted by Gasteiger charge is -2.21. The van der Waals surface area contributed by atoms with Gasteiger partial charge in [0.2, 0.25) is 0 Å². The van der Waals surface area contributed by atoms with E-state index in [9.17, 15) is 8.42 Å². The number of nitrogens with two attached hydrogens (primary N) is 1. The number of aryl methyl sites for hydroxylation is 2. The molecule has 20 heavy (non-hydrogen) atoms. The van der Waals surface area contributed by atoms with E-state index in [1.165, 1.54) is 4.31 Å². The summed E-state index contributed by atoms with van der Waals surface area (Å²) in [5.74, 6) is 0.899. The smallest absolute Gasteiger partial charge is 0.262 e. The largest absolute Gasteiger partial charge is 0.333 e. The molecule has 2 aliphatic rings. The average Bonchev–Trinajstić information content (AvgIpc) is 3.03. The lowest BCUT2D eigenvalue weighted by atomic mass is 9.90. The molecule has 0 spiro atoms. The van der Waals surface area contributed by atoms with Gasteiger partial charge >= 0.3 is 0 Å². The van der Waals surface area contributed by atoms with Gasteiger partial charge in [0, 0.05) is 32.3 Å². The third kappa shape index (κ3) is 2.27. The van der Waals surface area contributed by atoms with E-state index in [1.807, 2.05) is 11.5 Å². The van der Waals surface area contributed by atoms with Crippen LogP contribution in [-0.4, -0.2) is 41.9 Å². The number of aromatic nitrogens is 2. The number of hydrogen-bond donors (Lipinski definition) is 1. The van der Waals surface area contributed by atoms with Crippen LogP contribution in [0.25, 0.3) is 0 Å². The minimum Gasteiger partial charge on any atom is -0.333 e. The minimum absolute atomic E-state index is 0.105. The van der Waals surface area contributed by atoms with Gasteiger partial charge in [-0.2, -0.15) is 4.31 Å². The molecule has 0 amide bonds. The van der Waals surface area contributed by atoms with E-state index >= 15 is 0 Å². The lowest BCUT2D eigenvalue weighted by Crippen LogP contribution is -2.34. The third-order valence-electron chi connectivity index (χ3n) is 4.51. The lowest BCUT2D eigenvalue weighted by molar-refractivity contribution is 0.349. The molecule has 0 saturated carbocycles. The van der Waals surface area contributed by atoms with Crippen molar-refractivity contribution in [1.82, 2.24) is 13.9 Å². The molecule has 1 atom stereocenters. The maximum Gasteiger partial charge on any atom is 0.262 e. The highest BCUT2D eigenvalue weighted by molar-refractivity contribution is 7.89. The van der Waals surface area contributed by atoms with Crippen LogP contribution in [0.15, 0.2) is 11.2 Å². The normalized spacial score (nSPS) is 27.7. The molecule has 1 unspecified atom stereocenters. The Bertz CT molecular complexity index is 586. The molecule has 1 fully saturated rings. The summed E-state index contributed by atoms with van der Waals surface area (Å²) in [5, 5.41) is 0.204. The van der Waals surface area contributed by atoms with Crippen molar-refractivity contribution < 1.29 is 8.42 Å². The third-order valence-corrected chi connectivity index (χ3v) is 6.22. The van der Waals surface area contributed by atoms with Crippen molar-refractivity contribution in [2.45, 2.75) is 44.2 Å². The Kier molecular flexibility index (Phi) is 3.38. The quantitative estimate of drug-likeness (QED) is 0.885. The molecule has 3 rings (SSSR count). The Labute approximate surface area is 120 Å². The Morgan fingerprint density at radius 2 is 2.20 bits per heavy atom. The molecule has 0 aliphatic carbocycles. The van der Waals surface area contributed by atoms with Crippen LogP contribution in [0.2, 0.25) is 0 Å². The number of sulfonamides is 1. The molecule has 0 bridgehead atoms. The van der Waals surface area contributed by atoms with Crippen molar-refractivity contribution >= 4 is 10.0 Å². The van der Waals surface area contributed by atoms with Gasteiger partial charge in [0.15, 0.2) is 5.03 Å². The van der Waals surface area contributed by atoms with Crippen molar-refractivity contribution in [2.24, 2.45) is 11.1 Å². The molecule has 7 heteroatoms. The van der Waals surface area contributed by atoms with Gasteiger partial charge in [-0.25, -0.2) is 13.4 Å². The molecular formula is C13H22N4O2S. The van der Waals surface area contributed by atoms with Gasteiger partial charge in [0.25, 0.3) is 10.0 Å². The van der Waals surface area contributed by atoms with Crippen LogP contribution in [0, 0.1) is 5.41 Å². The van der Waals surface area contributed by atoms with Crippen molar-refractivity contribution in [3.8, 4) is 0 Å². The van der Waals surface area contributed by atoms with Crippen molar-refractivity contribution in [1.29, 1.82) is 0 Å². The summed E-state index contributed by atoms with van der Waals surface area (Å²) in [6, 6.07) is 0. The van der Waals surface area contributed by atoms with Crippen molar-refractivity contribution in [3.05, 3.63) is 12.0 Å². The van der Waals surface area contributed by atoms with E-state index in [0.29, 0.717) is 19.6 Å². The van der Waals surface area contributed by atoms with Crippen LogP contribution in [0.3, 0.4) is 0 Å². The molecule has 112 valence electrons. The Hall–Kier alpha value is -0.920. The SMILES string of the molecule is CC1(CN)CCN(S(=O)(=O)c2cn3c(n2)CCCC3)C1. The van der Waals surface area contributed by atoms with Crippen LogP contribution in [0.1, 0.15) is 32.0 Å². The second-order valence-corrected chi connectivity index (χ2v) is 8.13. The number of imidazole rings is 1. The molecule has 3 heterocycles. The van der Waals surface area contributed by atoms with E-state index in [2.05, 4.69) is 4.98 Å². The van der Waals surface area contributed by atoms with Gasteiger partial charge in [0.1, 0.15) is 5.82 Å². The summed E-state index contributed by atoms with van der Waals surface area (Å²) < 4.78 is 28.8. The van der Waals surface area contributed by atoms with Gasteiger partial charge in [-0.05, 0) is 31.2 Å². The second kappa shape index (κ2) is 4.82. The molecule has 0 aromatic carbocycles. The number of rotatable bonds is 3. The summed E-state index contributed by atoms with van der Waals surface area (Å²) in [5.41, 5.74) is 5.65. The standard InChI is InChI=1S/C13H22N4O2S/c1-13(9-14)5-7-17(10-13)20(18,19)12-8-16-6-3-2-4-11(16)15-12/h8H,2-7,9-10,14H2,1H3. The maximum absolute atomic E-state index is 12.7. The van der Waals surface area contributed by atoms with Crippen molar-refractivity contribution in [2.75, 3.05) is 19.6 Å². The summed E-state index contributed by atoms with van der Waals surface area (Å²) in [6.45, 7) is 4.46. The van der Waals surface area contributed by atoms with E-state index < -0.39 is 10.0 Å². The van der Waals surface area contributed by atoms with Gasteiger partial charge < -0.3 is 10.3 Å². The van der Waals surface area contributed by atoms with E-state index in [1.54, 1.807) is 6.20 Å². The highest BCUT2D eigenvalue weighted by atomic mass is 32.2. The predicted molar refractivity (Wildman–Crippen MR) is 75.7 cm³/mol. The van der Waals surface area contributed by atoms with Crippen LogP contribution < -0.4 is 5.73 Å². The fourth-order valence-electron chi connectivity index (χ4n) is 2.99. The summed E-state index contributed by atoms with van der Waals surface area (Å²) >= 11 is 0. The second-order valence-electron chi connectivity index (χ2n) is 6.25.